The molecule has 0 heterocycles. The molecule has 77 heavy (non-hydrogen) atoms. The third kappa shape index (κ3) is 63.1. The molecule has 0 aliphatic heterocycles. The number of carbonyl (C=O) groups excluding carboxylic acids is 2. The van der Waals surface area contributed by atoms with Gasteiger partial charge in [-0.25, -0.2) is 0 Å². The molecule has 0 aliphatic rings. The van der Waals surface area contributed by atoms with Crippen LogP contribution in [0, 0.1) is 0 Å². The molecule has 2 unspecified atom stereocenters. The largest absolute Gasteiger partial charge is 0.466 e. The van der Waals surface area contributed by atoms with E-state index in [1.54, 1.807) is 6.08 Å². The van der Waals surface area contributed by atoms with E-state index in [4.69, 9.17) is 4.74 Å². The molecule has 0 radical (unpaired) electrons. The Morgan fingerprint density at radius 1 is 0.351 bits per heavy atom. The molecule has 6 heteroatoms. The van der Waals surface area contributed by atoms with Gasteiger partial charge >= 0.3 is 5.97 Å². The van der Waals surface area contributed by atoms with Gasteiger partial charge in [-0.15, -0.1) is 0 Å². The van der Waals surface area contributed by atoms with Crippen LogP contribution in [0.5, 0.6) is 0 Å². The lowest BCUT2D eigenvalue weighted by molar-refractivity contribution is -0.143. The van der Waals surface area contributed by atoms with Gasteiger partial charge < -0.3 is 20.3 Å². The van der Waals surface area contributed by atoms with Gasteiger partial charge in [-0.3, -0.25) is 9.59 Å². The average molecular weight is 1080 g/mol. The Balaban J connectivity index is 3.44. The number of aliphatic hydroxyl groups is 2. The Bertz CT molecular complexity index is 1250. The van der Waals surface area contributed by atoms with Gasteiger partial charge in [-0.1, -0.05) is 320 Å². The maximum Gasteiger partial charge on any atom is 0.305 e. The van der Waals surface area contributed by atoms with Crippen molar-refractivity contribution in [3.8, 4) is 0 Å². The fraction of sp³-hybridized carbons (Fsp3) is 0.887. The minimum Gasteiger partial charge on any atom is -0.466 e. The molecule has 0 rings (SSSR count). The number of hydrogen-bond donors (Lipinski definition) is 3. The highest BCUT2D eigenvalue weighted by Crippen LogP contribution is 2.18. The summed E-state index contributed by atoms with van der Waals surface area (Å²) in [6, 6.07) is -0.634. The zero-order valence-corrected chi connectivity index (χ0v) is 52.0. The molecule has 2 atom stereocenters. The number of ether oxygens (including phenoxy) is 1. The standard InChI is InChI=1S/C71H135NO5/c1-3-5-7-9-11-13-15-17-19-21-22-25-28-32-35-39-43-47-51-55-59-63-69(74)68(67-73)72-70(75)64-60-56-52-48-44-40-36-33-29-26-23-24-27-30-34-38-42-46-50-54-58-62-66-77-71(76)65-61-57-53-49-45-41-37-31-20-18-16-14-12-10-8-6-4-2/h18,20,26,29,59,63,68-69,73-74H,3-17,19,21-25,27-28,30-58,60-62,64-67H2,1-2H3,(H,72,75)/b20-18-,29-26-,63-59+. The lowest BCUT2D eigenvalue weighted by Gasteiger charge is -2.20. The number of aliphatic hydroxyl groups excluding tert-OH is 2. The number of hydrogen-bond acceptors (Lipinski definition) is 5. The maximum atomic E-state index is 12.5. The Morgan fingerprint density at radius 2 is 0.610 bits per heavy atom. The second-order valence-electron chi connectivity index (χ2n) is 23.9. The van der Waals surface area contributed by atoms with Gasteiger partial charge in [0.15, 0.2) is 0 Å². The predicted octanol–water partition coefficient (Wildman–Crippen LogP) is 22.3. The fourth-order valence-corrected chi connectivity index (χ4v) is 10.8. The number of nitrogens with one attached hydrogen (secondary N) is 1. The van der Waals surface area contributed by atoms with Crippen molar-refractivity contribution in [2.45, 2.75) is 392 Å². The van der Waals surface area contributed by atoms with Gasteiger partial charge in [0.1, 0.15) is 0 Å². The quantitative estimate of drug-likeness (QED) is 0.0320. The Labute approximate surface area is 481 Å². The monoisotopic (exact) mass is 1080 g/mol. The molecule has 6 nitrogen and oxygen atoms in total. The van der Waals surface area contributed by atoms with Crippen molar-refractivity contribution < 1.29 is 24.5 Å². The van der Waals surface area contributed by atoms with Crippen LogP contribution in [0.2, 0.25) is 0 Å². The van der Waals surface area contributed by atoms with Crippen LogP contribution in [0.15, 0.2) is 36.5 Å². The van der Waals surface area contributed by atoms with Crippen molar-refractivity contribution in [3.05, 3.63) is 36.5 Å². The first-order valence-electron chi connectivity index (χ1n) is 34.8. The summed E-state index contributed by atoms with van der Waals surface area (Å²) in [7, 11) is 0. The molecule has 0 aromatic rings. The first kappa shape index (κ1) is 75.1. The Hall–Kier alpha value is -1.92. The van der Waals surface area contributed by atoms with E-state index < -0.39 is 12.1 Å². The number of amides is 1. The van der Waals surface area contributed by atoms with Gasteiger partial charge in [-0.05, 0) is 83.5 Å². The first-order chi connectivity index (χ1) is 38.0. The average Bonchev–Trinajstić information content (AvgIpc) is 3.43. The van der Waals surface area contributed by atoms with Gasteiger partial charge in [0.2, 0.25) is 5.91 Å². The van der Waals surface area contributed by atoms with Crippen LogP contribution in [-0.4, -0.2) is 47.4 Å². The smallest absolute Gasteiger partial charge is 0.305 e. The molecule has 0 saturated carbocycles. The van der Waals surface area contributed by atoms with Crippen LogP contribution in [0.1, 0.15) is 380 Å². The van der Waals surface area contributed by atoms with Crippen LogP contribution in [0.3, 0.4) is 0 Å². The van der Waals surface area contributed by atoms with Gasteiger partial charge in [0.05, 0.1) is 25.4 Å². The SMILES string of the molecule is CCCCCCCC/C=C\CCCCCCCCCC(=O)OCCCCCCCCCCCCC/C=C\CCCCCCCCCC(=O)NC(CO)C(O)/C=C/CCCCCCCCCCCCCCCCCCCCC. The van der Waals surface area contributed by atoms with Crippen LogP contribution in [0.4, 0.5) is 0 Å². The van der Waals surface area contributed by atoms with Crippen molar-refractivity contribution in [1.82, 2.24) is 5.32 Å². The summed E-state index contributed by atoms with van der Waals surface area (Å²) in [6.07, 6.45) is 84.9. The highest BCUT2D eigenvalue weighted by Gasteiger charge is 2.18. The number of rotatable bonds is 65. The molecule has 0 bridgehead atoms. The van der Waals surface area contributed by atoms with E-state index in [9.17, 15) is 19.8 Å². The molecule has 0 aromatic carbocycles. The topological polar surface area (TPSA) is 95.9 Å². The van der Waals surface area contributed by atoms with Crippen molar-refractivity contribution >= 4 is 11.9 Å². The minimum absolute atomic E-state index is 0.00659. The van der Waals surface area contributed by atoms with Gasteiger partial charge in [-0.2, -0.15) is 0 Å². The molecule has 0 aliphatic carbocycles. The third-order valence-corrected chi connectivity index (χ3v) is 16.1. The molecule has 454 valence electrons. The Morgan fingerprint density at radius 3 is 0.922 bits per heavy atom. The van der Waals surface area contributed by atoms with E-state index >= 15 is 0 Å². The van der Waals surface area contributed by atoms with Crippen LogP contribution in [0.25, 0.3) is 0 Å². The van der Waals surface area contributed by atoms with Gasteiger partial charge in [0.25, 0.3) is 0 Å². The minimum atomic E-state index is -0.850. The second kappa shape index (κ2) is 66.6. The Kier molecular flexibility index (Phi) is 64.9. The summed E-state index contributed by atoms with van der Waals surface area (Å²) in [5, 5.41) is 23.2. The summed E-state index contributed by atoms with van der Waals surface area (Å²) < 4.78 is 5.50. The molecule has 0 aromatic heterocycles. The summed E-state index contributed by atoms with van der Waals surface area (Å²) in [6.45, 7) is 4.92. The van der Waals surface area contributed by atoms with Crippen LogP contribution < -0.4 is 5.32 Å². The van der Waals surface area contributed by atoms with E-state index in [1.165, 1.54) is 302 Å². The predicted molar refractivity (Wildman–Crippen MR) is 338 cm³/mol. The van der Waals surface area contributed by atoms with Crippen molar-refractivity contribution in [3.63, 3.8) is 0 Å². The summed E-state index contributed by atoms with van der Waals surface area (Å²) in [5.41, 5.74) is 0. The van der Waals surface area contributed by atoms with Crippen LogP contribution >= 0.6 is 0 Å². The van der Waals surface area contributed by atoms with Crippen molar-refractivity contribution in [2.24, 2.45) is 0 Å². The second-order valence-corrected chi connectivity index (χ2v) is 23.9. The molecular weight excluding hydrogens is 947 g/mol. The van der Waals surface area contributed by atoms with E-state index in [1.807, 2.05) is 6.08 Å². The molecule has 0 spiro atoms. The molecular formula is C71H135NO5. The lowest BCUT2D eigenvalue weighted by Crippen LogP contribution is -2.45. The first-order valence-corrected chi connectivity index (χ1v) is 34.8. The molecule has 3 N–H and O–H groups in total. The van der Waals surface area contributed by atoms with E-state index in [0.717, 1.165) is 51.4 Å². The fourth-order valence-electron chi connectivity index (χ4n) is 10.8. The number of esters is 1. The maximum absolute atomic E-state index is 12.5. The highest BCUT2D eigenvalue weighted by atomic mass is 16.5. The number of carbonyl (C=O) groups is 2. The van der Waals surface area contributed by atoms with Gasteiger partial charge in [0, 0.05) is 12.8 Å². The van der Waals surface area contributed by atoms with E-state index in [0.29, 0.717) is 19.4 Å². The summed E-state index contributed by atoms with van der Waals surface area (Å²) >= 11 is 0. The molecule has 0 saturated heterocycles. The summed E-state index contributed by atoms with van der Waals surface area (Å²) in [5.74, 6) is -0.0652. The lowest BCUT2D eigenvalue weighted by atomic mass is 10.0. The normalized spacial score (nSPS) is 12.7. The number of unbranched alkanes of at least 4 members (excludes halogenated alkanes) is 50. The van der Waals surface area contributed by atoms with Crippen molar-refractivity contribution in [1.29, 1.82) is 0 Å². The zero-order valence-electron chi connectivity index (χ0n) is 52.0. The third-order valence-electron chi connectivity index (χ3n) is 16.1. The zero-order chi connectivity index (χ0) is 55.7. The molecule has 1 amide bonds. The number of allylic oxidation sites excluding steroid dienone is 5. The molecule has 0 fully saturated rings. The van der Waals surface area contributed by atoms with Crippen molar-refractivity contribution in [2.75, 3.05) is 13.2 Å². The van der Waals surface area contributed by atoms with E-state index in [-0.39, 0.29) is 18.5 Å². The summed E-state index contributed by atoms with van der Waals surface area (Å²) in [4.78, 5) is 24.6. The highest BCUT2D eigenvalue weighted by molar-refractivity contribution is 5.76. The van der Waals surface area contributed by atoms with Crippen LogP contribution in [-0.2, 0) is 14.3 Å². The van der Waals surface area contributed by atoms with E-state index in [2.05, 4.69) is 43.5 Å².